The van der Waals surface area contributed by atoms with Crippen LogP contribution in [0.3, 0.4) is 0 Å². The predicted molar refractivity (Wildman–Crippen MR) is 82.0 cm³/mol. The minimum Gasteiger partial charge on any atom is -0.376 e. The molecule has 1 aromatic carbocycles. The first-order valence-electron chi connectivity index (χ1n) is 8.10. The van der Waals surface area contributed by atoms with Gasteiger partial charge in [-0.2, -0.15) is 0 Å². The molecule has 3 rings (SSSR count). The summed E-state index contributed by atoms with van der Waals surface area (Å²) in [4.78, 5) is 14.4. The molecule has 0 spiro atoms. The van der Waals surface area contributed by atoms with E-state index >= 15 is 0 Å². The number of carbonyl (C=O) groups excluding carboxylic acids is 1. The summed E-state index contributed by atoms with van der Waals surface area (Å²) in [6.45, 7) is 4.51. The molecule has 4 nitrogen and oxygen atoms in total. The Bertz CT molecular complexity index is 582. The Balaban J connectivity index is 1.46. The Labute approximate surface area is 134 Å². The van der Waals surface area contributed by atoms with Crippen molar-refractivity contribution >= 4 is 5.91 Å². The highest BCUT2D eigenvalue weighted by Crippen LogP contribution is 2.23. The van der Waals surface area contributed by atoms with E-state index in [1.807, 2.05) is 0 Å². The summed E-state index contributed by atoms with van der Waals surface area (Å²) in [5, 5.41) is 3.02. The predicted octanol–water partition coefficient (Wildman–Crippen LogP) is 1.88. The molecule has 0 radical (unpaired) electrons. The van der Waals surface area contributed by atoms with E-state index in [1.54, 1.807) is 0 Å². The van der Waals surface area contributed by atoms with Crippen LogP contribution >= 0.6 is 0 Å². The molecule has 1 aromatic rings. The van der Waals surface area contributed by atoms with Gasteiger partial charge in [0.25, 0.3) is 0 Å². The lowest BCUT2D eigenvalue weighted by Crippen LogP contribution is -2.45. The molecule has 3 atom stereocenters. The Kier molecular flexibility index (Phi) is 4.92. The lowest BCUT2D eigenvalue weighted by Gasteiger charge is -2.33. The number of carbonyl (C=O) groups is 1. The van der Waals surface area contributed by atoms with Gasteiger partial charge in [0, 0.05) is 37.7 Å². The highest BCUT2D eigenvalue weighted by molar-refractivity contribution is 5.76. The molecule has 0 aliphatic carbocycles. The second-order valence-corrected chi connectivity index (χ2v) is 6.49. The number of nitrogens with zero attached hydrogens (tertiary/aromatic N) is 1. The largest absolute Gasteiger partial charge is 0.376 e. The fraction of sp³-hybridized carbons (Fsp3) is 0.588. The van der Waals surface area contributed by atoms with Gasteiger partial charge in [0.2, 0.25) is 5.91 Å². The van der Waals surface area contributed by atoms with Crippen molar-refractivity contribution in [1.29, 1.82) is 0 Å². The average molecular weight is 324 g/mol. The second kappa shape index (κ2) is 6.93. The number of rotatable bonds is 4. The van der Waals surface area contributed by atoms with Crippen LogP contribution in [0.15, 0.2) is 18.2 Å². The van der Waals surface area contributed by atoms with Gasteiger partial charge in [-0.1, -0.05) is 6.07 Å². The highest BCUT2D eigenvalue weighted by atomic mass is 19.1. The summed E-state index contributed by atoms with van der Waals surface area (Å²) in [5.41, 5.74) is 0.368. The van der Waals surface area contributed by atoms with Crippen molar-refractivity contribution in [3.8, 4) is 0 Å². The van der Waals surface area contributed by atoms with Crippen LogP contribution in [0.5, 0.6) is 0 Å². The highest BCUT2D eigenvalue weighted by Gasteiger charge is 2.36. The van der Waals surface area contributed by atoms with E-state index in [-0.39, 0.29) is 30.9 Å². The third-order valence-corrected chi connectivity index (χ3v) is 4.59. The van der Waals surface area contributed by atoms with E-state index in [4.69, 9.17) is 4.74 Å². The molecule has 1 N–H and O–H groups in total. The van der Waals surface area contributed by atoms with E-state index in [9.17, 15) is 13.6 Å². The monoisotopic (exact) mass is 324 g/mol. The number of nitrogens with one attached hydrogen (secondary N) is 1. The average Bonchev–Trinajstić information content (AvgIpc) is 2.87. The normalized spacial score (nSPS) is 27.7. The topological polar surface area (TPSA) is 41.6 Å². The minimum atomic E-state index is -0.602. The van der Waals surface area contributed by atoms with Gasteiger partial charge in [-0.25, -0.2) is 8.78 Å². The molecule has 2 heterocycles. The number of aryl methyl sites for hydroxylation is 1. The zero-order valence-electron chi connectivity index (χ0n) is 13.2. The Morgan fingerprint density at radius 3 is 3.00 bits per heavy atom. The molecule has 2 aliphatic rings. The lowest BCUT2D eigenvalue weighted by atomic mass is 10.1. The summed E-state index contributed by atoms with van der Waals surface area (Å²) in [5.74, 6) is -1.29. The molecule has 0 unspecified atom stereocenters. The van der Waals surface area contributed by atoms with Crippen molar-refractivity contribution in [2.45, 2.75) is 44.4 Å². The molecular formula is C17H22F2N2O2. The number of hydrogen-bond donors (Lipinski definition) is 1. The van der Waals surface area contributed by atoms with E-state index in [2.05, 4.69) is 17.1 Å². The van der Waals surface area contributed by atoms with Crippen LogP contribution in [0.1, 0.15) is 25.3 Å². The number of halogens is 2. The number of ether oxygens (including phenoxy) is 1. The Morgan fingerprint density at radius 2 is 2.22 bits per heavy atom. The van der Waals surface area contributed by atoms with Gasteiger partial charge in [0.15, 0.2) is 0 Å². The fourth-order valence-electron chi connectivity index (χ4n) is 3.42. The number of morpholine rings is 1. The zero-order valence-corrected chi connectivity index (χ0v) is 13.2. The van der Waals surface area contributed by atoms with Crippen LogP contribution in [0.2, 0.25) is 0 Å². The van der Waals surface area contributed by atoms with Crippen molar-refractivity contribution in [3.05, 3.63) is 35.4 Å². The van der Waals surface area contributed by atoms with E-state index in [0.717, 1.165) is 25.6 Å². The van der Waals surface area contributed by atoms with Crippen LogP contribution in [0.4, 0.5) is 8.78 Å². The molecule has 0 aromatic heterocycles. The maximum atomic E-state index is 13.6. The molecule has 2 saturated heterocycles. The second-order valence-electron chi connectivity index (χ2n) is 6.49. The molecule has 0 bridgehead atoms. The van der Waals surface area contributed by atoms with Crippen molar-refractivity contribution in [2.75, 3.05) is 19.7 Å². The first-order valence-corrected chi connectivity index (χ1v) is 8.10. The van der Waals surface area contributed by atoms with Gasteiger partial charge < -0.3 is 10.1 Å². The quantitative estimate of drug-likeness (QED) is 0.919. The van der Waals surface area contributed by atoms with Crippen LogP contribution in [-0.4, -0.2) is 48.7 Å². The van der Waals surface area contributed by atoms with Gasteiger partial charge in [-0.15, -0.1) is 0 Å². The molecule has 6 heteroatoms. The van der Waals surface area contributed by atoms with Crippen LogP contribution in [-0.2, 0) is 16.0 Å². The van der Waals surface area contributed by atoms with Crippen LogP contribution in [0, 0.1) is 11.6 Å². The SMILES string of the molecule is C[C@H]1CN2C[C@@H](NC(=O)CCc3ccc(F)cc3F)C[C@H]2CO1. The van der Waals surface area contributed by atoms with E-state index in [1.165, 1.54) is 12.1 Å². The van der Waals surface area contributed by atoms with Crippen LogP contribution < -0.4 is 5.32 Å². The van der Waals surface area contributed by atoms with Gasteiger partial charge >= 0.3 is 0 Å². The number of hydrogen-bond acceptors (Lipinski definition) is 3. The standard InChI is InChI=1S/C17H22F2N2O2/c1-11-8-21-9-14(7-15(21)10-23-11)20-17(22)5-3-12-2-4-13(18)6-16(12)19/h2,4,6,11,14-15H,3,5,7-10H2,1H3,(H,20,22)/t11-,14-,15-/m0/s1. The van der Waals surface area contributed by atoms with Gasteiger partial charge in [0.05, 0.1) is 12.7 Å². The van der Waals surface area contributed by atoms with E-state index < -0.39 is 11.6 Å². The third kappa shape index (κ3) is 4.06. The van der Waals surface area contributed by atoms with Crippen molar-refractivity contribution in [2.24, 2.45) is 0 Å². The molecule has 126 valence electrons. The first kappa shape index (κ1) is 16.3. The molecule has 0 saturated carbocycles. The fourth-order valence-corrected chi connectivity index (χ4v) is 3.42. The smallest absolute Gasteiger partial charge is 0.220 e. The van der Waals surface area contributed by atoms with Gasteiger partial charge in [-0.3, -0.25) is 9.69 Å². The van der Waals surface area contributed by atoms with Gasteiger partial charge in [-0.05, 0) is 31.4 Å². The minimum absolute atomic E-state index is 0.0902. The molecule has 23 heavy (non-hydrogen) atoms. The number of fused-ring (bicyclic) bond motifs is 1. The van der Waals surface area contributed by atoms with Gasteiger partial charge in [0.1, 0.15) is 11.6 Å². The number of amides is 1. The summed E-state index contributed by atoms with van der Waals surface area (Å²) in [6, 6.07) is 3.97. The Morgan fingerprint density at radius 1 is 1.39 bits per heavy atom. The maximum Gasteiger partial charge on any atom is 0.220 e. The molecule has 2 fully saturated rings. The number of benzene rings is 1. The maximum absolute atomic E-state index is 13.6. The van der Waals surface area contributed by atoms with Crippen molar-refractivity contribution in [3.63, 3.8) is 0 Å². The summed E-state index contributed by atoms with van der Waals surface area (Å²) >= 11 is 0. The van der Waals surface area contributed by atoms with Crippen LogP contribution in [0.25, 0.3) is 0 Å². The molecule has 1 amide bonds. The first-order chi connectivity index (χ1) is 11.0. The third-order valence-electron chi connectivity index (χ3n) is 4.59. The summed E-state index contributed by atoms with van der Waals surface area (Å²) < 4.78 is 32.1. The van der Waals surface area contributed by atoms with Crippen molar-refractivity contribution in [1.82, 2.24) is 10.2 Å². The zero-order chi connectivity index (χ0) is 16.4. The Hall–Kier alpha value is -1.53. The molecular weight excluding hydrogens is 302 g/mol. The van der Waals surface area contributed by atoms with Crippen molar-refractivity contribution < 1.29 is 18.3 Å². The van der Waals surface area contributed by atoms with E-state index in [0.29, 0.717) is 18.2 Å². The summed E-state index contributed by atoms with van der Waals surface area (Å²) in [6.07, 6.45) is 1.61. The lowest BCUT2D eigenvalue weighted by molar-refractivity contribution is -0.121. The molecule has 2 aliphatic heterocycles. The summed E-state index contributed by atoms with van der Waals surface area (Å²) in [7, 11) is 0.